The molecule has 6 nitrogen and oxygen atoms in total. The van der Waals surface area contributed by atoms with Crippen LogP contribution in [0.15, 0.2) is 11.3 Å². The normalized spacial score (nSPS) is 14.7. The van der Waals surface area contributed by atoms with Crippen molar-refractivity contribution >= 4 is 28.2 Å². The number of ether oxygens (including phenoxy) is 1. The van der Waals surface area contributed by atoms with Crippen LogP contribution in [0.1, 0.15) is 53.9 Å². The average molecular weight is 347 g/mol. The van der Waals surface area contributed by atoms with Gasteiger partial charge in [0, 0.05) is 10.6 Å². The number of esters is 1. The van der Waals surface area contributed by atoms with Crippen LogP contribution in [0, 0.1) is 11.3 Å². The molecule has 7 heteroatoms. The number of allylic oxidation sites excluding steroid dienone is 1. The first kappa shape index (κ1) is 18.0. The van der Waals surface area contributed by atoms with Gasteiger partial charge in [0.2, 0.25) is 0 Å². The third-order valence-electron chi connectivity index (χ3n) is 3.94. The molecule has 1 heterocycles. The van der Waals surface area contributed by atoms with Crippen LogP contribution in [0.3, 0.4) is 0 Å². The number of nitrogens with two attached hydrogens (primary N) is 1. The third kappa shape index (κ3) is 3.77. The molecule has 1 aromatic rings. The lowest BCUT2D eigenvalue weighted by atomic mass is 10.1. The number of carbonyl (C=O) groups excluding carboxylic acids is 2. The second-order valence-electron chi connectivity index (χ2n) is 5.59. The van der Waals surface area contributed by atoms with Gasteiger partial charge in [-0.05, 0) is 45.1 Å². The number of primary amides is 1. The van der Waals surface area contributed by atoms with Crippen molar-refractivity contribution < 1.29 is 14.3 Å². The number of nitrogens with zero attached hydrogens (tertiary/aromatic N) is 1. The van der Waals surface area contributed by atoms with E-state index in [0.717, 1.165) is 37.7 Å². The van der Waals surface area contributed by atoms with Gasteiger partial charge in [0.15, 0.2) is 0 Å². The van der Waals surface area contributed by atoms with Crippen LogP contribution >= 0.6 is 11.3 Å². The van der Waals surface area contributed by atoms with Gasteiger partial charge < -0.3 is 15.8 Å². The van der Waals surface area contributed by atoms with Crippen LogP contribution in [-0.2, 0) is 22.4 Å². The van der Waals surface area contributed by atoms with Gasteiger partial charge in [-0.2, -0.15) is 5.26 Å². The largest absolute Gasteiger partial charge is 0.462 e. The fourth-order valence-electron chi connectivity index (χ4n) is 2.81. The number of hydrogen-bond donors (Lipinski definition) is 2. The van der Waals surface area contributed by atoms with Crippen molar-refractivity contribution in [3.05, 3.63) is 27.3 Å². The molecule has 1 aliphatic rings. The molecule has 0 unspecified atom stereocenters. The lowest BCUT2D eigenvalue weighted by molar-refractivity contribution is -0.114. The molecule has 0 spiro atoms. The van der Waals surface area contributed by atoms with E-state index < -0.39 is 5.91 Å². The average Bonchev–Trinajstić information content (AvgIpc) is 2.69. The summed E-state index contributed by atoms with van der Waals surface area (Å²) in [5.74, 6) is -1.16. The van der Waals surface area contributed by atoms with E-state index in [4.69, 9.17) is 15.7 Å². The first-order chi connectivity index (χ1) is 11.5. The molecular formula is C17H21N3O3S. The van der Waals surface area contributed by atoms with E-state index in [-0.39, 0.29) is 11.5 Å². The molecule has 0 radical (unpaired) electrons. The smallest absolute Gasteiger partial charge is 0.341 e. The maximum absolute atomic E-state index is 12.4. The van der Waals surface area contributed by atoms with Gasteiger partial charge in [-0.15, -0.1) is 11.3 Å². The summed E-state index contributed by atoms with van der Waals surface area (Å²) in [4.78, 5) is 24.9. The summed E-state index contributed by atoms with van der Waals surface area (Å²) in [6.07, 6.45) is 5.04. The van der Waals surface area contributed by atoms with Crippen molar-refractivity contribution in [2.24, 2.45) is 5.73 Å². The summed E-state index contributed by atoms with van der Waals surface area (Å²) in [5.41, 5.74) is 6.97. The highest BCUT2D eigenvalue weighted by molar-refractivity contribution is 7.16. The minimum absolute atomic E-state index is 0.145. The summed E-state index contributed by atoms with van der Waals surface area (Å²) >= 11 is 1.49. The number of nitrogens with one attached hydrogen (secondary N) is 1. The number of fused-ring (bicyclic) bond motifs is 1. The minimum atomic E-state index is -0.793. The van der Waals surface area contributed by atoms with Crippen molar-refractivity contribution in [3.63, 3.8) is 0 Å². The monoisotopic (exact) mass is 347 g/mol. The standard InChI is InChI=1S/C17H21N3O3S/c1-3-23-17(22)14-11-7-5-4-6-8-13(11)24-16(14)20-10(2)12(9-18)15(19)21/h20H,3-8H2,1-2H3,(H2,19,21)/b12-10+. The second kappa shape index (κ2) is 7.97. The Morgan fingerprint density at radius 1 is 1.33 bits per heavy atom. The number of thiophene rings is 1. The molecule has 2 rings (SSSR count). The van der Waals surface area contributed by atoms with Crippen LogP contribution in [0.25, 0.3) is 0 Å². The zero-order valence-corrected chi connectivity index (χ0v) is 14.7. The quantitative estimate of drug-likeness (QED) is 0.369. The van der Waals surface area contributed by atoms with Gasteiger partial charge in [0.1, 0.15) is 16.6 Å². The number of nitriles is 1. The molecule has 1 aromatic heterocycles. The van der Waals surface area contributed by atoms with E-state index in [1.165, 1.54) is 16.2 Å². The second-order valence-corrected chi connectivity index (χ2v) is 6.70. The summed E-state index contributed by atoms with van der Waals surface area (Å²) in [7, 11) is 0. The van der Waals surface area contributed by atoms with Gasteiger partial charge in [-0.1, -0.05) is 6.42 Å². The zero-order chi connectivity index (χ0) is 17.7. The van der Waals surface area contributed by atoms with Crippen LogP contribution in [0.2, 0.25) is 0 Å². The maximum Gasteiger partial charge on any atom is 0.341 e. The van der Waals surface area contributed by atoms with E-state index in [1.807, 2.05) is 0 Å². The fourth-order valence-corrected chi connectivity index (χ4v) is 4.14. The van der Waals surface area contributed by atoms with Crippen molar-refractivity contribution in [2.75, 3.05) is 11.9 Å². The van der Waals surface area contributed by atoms with Gasteiger partial charge in [-0.3, -0.25) is 4.79 Å². The highest BCUT2D eigenvalue weighted by Crippen LogP contribution is 2.38. The Morgan fingerprint density at radius 2 is 2.04 bits per heavy atom. The predicted molar refractivity (Wildman–Crippen MR) is 92.7 cm³/mol. The topological polar surface area (TPSA) is 105 Å². The Bertz CT molecular complexity index is 728. The molecule has 0 aliphatic heterocycles. The first-order valence-corrected chi connectivity index (χ1v) is 8.80. The number of carbonyl (C=O) groups is 2. The Hall–Kier alpha value is -2.33. The number of anilines is 1. The van der Waals surface area contributed by atoms with Crippen molar-refractivity contribution in [3.8, 4) is 6.07 Å². The Labute approximate surface area is 145 Å². The van der Waals surface area contributed by atoms with Crippen LogP contribution in [0.5, 0.6) is 0 Å². The molecule has 0 aromatic carbocycles. The van der Waals surface area contributed by atoms with Crippen molar-refractivity contribution in [2.45, 2.75) is 46.0 Å². The molecule has 0 fully saturated rings. The Morgan fingerprint density at radius 3 is 2.67 bits per heavy atom. The van der Waals surface area contributed by atoms with Gasteiger partial charge in [-0.25, -0.2) is 4.79 Å². The highest BCUT2D eigenvalue weighted by atomic mass is 32.1. The summed E-state index contributed by atoms with van der Waals surface area (Å²) < 4.78 is 5.20. The number of hydrogen-bond acceptors (Lipinski definition) is 6. The van der Waals surface area contributed by atoms with E-state index in [9.17, 15) is 9.59 Å². The van der Waals surface area contributed by atoms with E-state index in [0.29, 0.717) is 22.9 Å². The molecule has 0 bridgehead atoms. The molecule has 1 aliphatic carbocycles. The first-order valence-electron chi connectivity index (χ1n) is 7.99. The zero-order valence-electron chi connectivity index (χ0n) is 13.9. The third-order valence-corrected chi connectivity index (χ3v) is 5.14. The molecule has 128 valence electrons. The minimum Gasteiger partial charge on any atom is -0.462 e. The van der Waals surface area contributed by atoms with Crippen molar-refractivity contribution in [1.82, 2.24) is 0 Å². The summed E-state index contributed by atoms with van der Waals surface area (Å²) in [6, 6.07) is 1.80. The van der Waals surface area contributed by atoms with E-state index in [2.05, 4.69) is 5.32 Å². The van der Waals surface area contributed by atoms with E-state index in [1.54, 1.807) is 19.9 Å². The number of rotatable bonds is 5. The van der Waals surface area contributed by atoms with Crippen molar-refractivity contribution in [1.29, 1.82) is 5.26 Å². The lowest BCUT2D eigenvalue weighted by Gasteiger charge is -2.10. The Balaban J connectivity index is 2.48. The summed E-state index contributed by atoms with van der Waals surface area (Å²) in [5, 5.41) is 12.7. The van der Waals surface area contributed by atoms with Crippen LogP contribution in [0.4, 0.5) is 5.00 Å². The molecule has 24 heavy (non-hydrogen) atoms. The summed E-state index contributed by atoms with van der Waals surface area (Å²) in [6.45, 7) is 3.66. The van der Waals surface area contributed by atoms with E-state index >= 15 is 0 Å². The molecule has 1 amide bonds. The lowest BCUT2D eigenvalue weighted by Crippen LogP contribution is -2.17. The van der Waals surface area contributed by atoms with Gasteiger partial charge in [0.25, 0.3) is 5.91 Å². The highest BCUT2D eigenvalue weighted by Gasteiger charge is 2.26. The molecule has 0 saturated carbocycles. The maximum atomic E-state index is 12.4. The van der Waals surface area contributed by atoms with Crippen LogP contribution in [-0.4, -0.2) is 18.5 Å². The molecule has 0 atom stereocenters. The predicted octanol–water partition coefficient (Wildman–Crippen LogP) is 2.89. The molecule has 0 saturated heterocycles. The van der Waals surface area contributed by atoms with Crippen LogP contribution < -0.4 is 11.1 Å². The fraction of sp³-hybridized carbons (Fsp3) is 0.471. The molecular weight excluding hydrogens is 326 g/mol. The van der Waals surface area contributed by atoms with Gasteiger partial charge >= 0.3 is 5.97 Å². The molecule has 3 N–H and O–H groups in total. The van der Waals surface area contributed by atoms with Gasteiger partial charge in [0.05, 0.1) is 12.2 Å². The Kier molecular flexibility index (Phi) is 5.99. The number of aryl methyl sites for hydroxylation is 1. The SMILES string of the molecule is CCOC(=O)c1c(N/C(C)=C(\C#N)C(N)=O)sc2c1CCCCC2. The number of amides is 1.